The van der Waals surface area contributed by atoms with Gasteiger partial charge in [-0.3, -0.25) is 24.0 Å². The molecule has 328 valence electrons. The smallest absolute Gasteiger partial charge is 0.255 e. The van der Waals surface area contributed by atoms with Crippen LogP contribution in [0.4, 0.5) is 0 Å². The fraction of sp³-hybridized carbons (Fsp3) is 0.455. The van der Waals surface area contributed by atoms with Crippen LogP contribution in [0.3, 0.4) is 0 Å². The molecule has 61 heavy (non-hydrogen) atoms. The number of amides is 5. The van der Waals surface area contributed by atoms with Gasteiger partial charge >= 0.3 is 0 Å². The number of nitrogens with two attached hydrogens (primary N) is 3. The van der Waals surface area contributed by atoms with Gasteiger partial charge in [-0.05, 0) is 72.9 Å². The molecule has 2 unspecified atom stereocenters. The normalized spacial score (nSPS) is 16.2. The van der Waals surface area contributed by atoms with E-state index in [2.05, 4.69) is 28.2 Å². The van der Waals surface area contributed by atoms with E-state index in [4.69, 9.17) is 36.7 Å². The first-order chi connectivity index (χ1) is 29.4. The zero-order chi connectivity index (χ0) is 44.3. The summed E-state index contributed by atoms with van der Waals surface area (Å²) in [5, 5.41) is 19.7. The van der Waals surface area contributed by atoms with Crippen LogP contribution in [-0.2, 0) is 32.0 Å². The van der Waals surface area contributed by atoms with E-state index in [0.29, 0.717) is 39.5 Å². The minimum atomic E-state index is -1.34. The second-order valence-electron chi connectivity index (χ2n) is 14.6. The highest BCUT2D eigenvalue weighted by molar-refractivity contribution is 6.00. The van der Waals surface area contributed by atoms with Crippen LogP contribution in [0.5, 0.6) is 17.2 Å². The third kappa shape index (κ3) is 13.4. The molecule has 3 aromatic rings. The van der Waals surface area contributed by atoms with Gasteiger partial charge in [-0.15, -0.1) is 0 Å². The van der Waals surface area contributed by atoms with Gasteiger partial charge < -0.3 is 57.6 Å². The molecule has 3 aromatic carbocycles. The highest BCUT2D eigenvalue weighted by Gasteiger charge is 2.33. The predicted octanol–water partition coefficient (Wildman–Crippen LogP) is 1.60. The van der Waals surface area contributed by atoms with Crippen LogP contribution in [0.2, 0.25) is 0 Å². The maximum Gasteiger partial charge on any atom is 0.255 e. The summed E-state index contributed by atoms with van der Waals surface area (Å²) in [6, 6.07) is 13.7. The van der Waals surface area contributed by atoms with E-state index in [1.54, 1.807) is 42.5 Å². The number of carbonyl (C=O) groups excluding carboxylic acids is 5. The van der Waals surface area contributed by atoms with Crippen molar-refractivity contribution in [2.45, 2.75) is 70.5 Å². The Morgan fingerprint density at radius 3 is 2.13 bits per heavy atom. The number of carbonyl (C=O) groups is 5. The summed E-state index contributed by atoms with van der Waals surface area (Å²) >= 11 is 0. The number of nitrogens with zero attached hydrogens (tertiary/aromatic N) is 2. The number of nitrogens with one attached hydrogen (secondary N) is 4. The molecule has 0 spiro atoms. The zero-order valence-electron chi connectivity index (χ0n) is 35.2. The zero-order valence-corrected chi connectivity index (χ0v) is 35.2. The summed E-state index contributed by atoms with van der Waals surface area (Å²) in [6.45, 7) is 3.96. The number of rotatable bonds is 20. The summed E-state index contributed by atoms with van der Waals surface area (Å²) in [6.07, 6.45) is 5.17. The Morgan fingerprint density at radius 1 is 0.820 bits per heavy atom. The number of unbranched alkanes of at least 4 members (excludes halogenated alkanes) is 3. The molecular weight excluding hydrogens is 783 g/mol. The number of hydrogen-bond acceptors (Lipinski definition) is 12. The Labute approximate surface area is 357 Å². The van der Waals surface area contributed by atoms with Crippen LogP contribution < -0.4 is 52.7 Å². The van der Waals surface area contributed by atoms with Gasteiger partial charge in [0.25, 0.3) is 5.91 Å². The van der Waals surface area contributed by atoms with E-state index in [0.717, 1.165) is 37.7 Å². The van der Waals surface area contributed by atoms with Crippen molar-refractivity contribution in [1.29, 1.82) is 5.26 Å². The lowest BCUT2D eigenvalue weighted by molar-refractivity contribution is -0.139. The summed E-state index contributed by atoms with van der Waals surface area (Å²) in [4.78, 5) is 70.0. The topological polar surface area (TPSA) is 266 Å². The molecule has 0 fully saturated rings. The van der Waals surface area contributed by atoms with Gasteiger partial charge in [0, 0.05) is 44.2 Å². The Kier molecular flexibility index (Phi) is 18.8. The molecule has 1 aliphatic heterocycles. The van der Waals surface area contributed by atoms with Crippen molar-refractivity contribution in [1.82, 2.24) is 26.2 Å². The fourth-order valence-corrected chi connectivity index (χ4v) is 6.81. The number of benzene rings is 3. The summed E-state index contributed by atoms with van der Waals surface area (Å²) in [5.74, 6) is -2.06. The molecular formula is C44H59N9O8. The maximum atomic E-state index is 14.3. The quantitative estimate of drug-likeness (QED) is 0.0632. The Morgan fingerprint density at radius 2 is 1.48 bits per heavy atom. The molecule has 0 aliphatic carbocycles. The van der Waals surface area contributed by atoms with E-state index < -0.39 is 54.2 Å². The third-order valence-electron chi connectivity index (χ3n) is 9.99. The molecule has 4 rings (SSSR count). The van der Waals surface area contributed by atoms with E-state index in [9.17, 15) is 24.0 Å². The predicted molar refractivity (Wildman–Crippen MR) is 230 cm³/mol. The van der Waals surface area contributed by atoms with Crippen molar-refractivity contribution in [2.24, 2.45) is 17.2 Å². The van der Waals surface area contributed by atoms with Gasteiger partial charge in [0.2, 0.25) is 23.6 Å². The second-order valence-corrected chi connectivity index (χ2v) is 14.6. The molecule has 0 aromatic heterocycles. The van der Waals surface area contributed by atoms with E-state index >= 15 is 0 Å². The number of ether oxygens (including phenoxy) is 3. The Balaban J connectivity index is 1.74. The molecule has 3 atom stereocenters. The van der Waals surface area contributed by atoms with Gasteiger partial charge in [0.15, 0.2) is 0 Å². The number of nitriles is 1. The van der Waals surface area contributed by atoms with Crippen molar-refractivity contribution in [3.05, 3.63) is 76.9 Å². The standard InChI is InChI=1S/C44H59N9O8/c1-4-5-6-7-8-29-9-12-32(38(25-29)61-22-18-48)42(56)50-27-39(54)53(3)40-31-11-14-37(60-21-17-47)34(26-31)33-23-30(10-13-36(33)59-20-16-46)24-35(43(57)49-19-15-45)52-41(55)28(2)51-44(40)58/h9-14,23,25-26,28,35,40H,4-8,16-22,24,27,46-48H2,1-3H3,(H,49,57)(H,50,56)(H,51,58)(H,52,55)/t28-,35?,40?/m0/s1. The number of fused-ring (bicyclic) bond motifs is 5. The lowest BCUT2D eigenvalue weighted by Gasteiger charge is -2.30. The highest BCUT2D eigenvalue weighted by Crippen LogP contribution is 2.40. The molecule has 10 N–H and O–H groups in total. The van der Waals surface area contributed by atoms with Crippen LogP contribution in [0, 0.1) is 11.3 Å². The van der Waals surface area contributed by atoms with Gasteiger partial charge in [-0.1, -0.05) is 44.4 Å². The summed E-state index contributed by atoms with van der Waals surface area (Å²) < 4.78 is 18.0. The van der Waals surface area contributed by atoms with Crippen LogP contribution in [-0.4, -0.2) is 106 Å². The van der Waals surface area contributed by atoms with Crippen molar-refractivity contribution < 1.29 is 38.2 Å². The number of aryl methyl sites for hydroxylation is 1. The van der Waals surface area contributed by atoms with Gasteiger partial charge in [-0.2, -0.15) is 5.26 Å². The van der Waals surface area contributed by atoms with Gasteiger partial charge in [-0.25, -0.2) is 0 Å². The van der Waals surface area contributed by atoms with Gasteiger partial charge in [0.05, 0.1) is 18.2 Å². The van der Waals surface area contributed by atoms with E-state index in [1.165, 1.54) is 18.9 Å². The molecule has 0 radical (unpaired) electrons. The average Bonchev–Trinajstić information content (AvgIpc) is 3.26. The third-order valence-corrected chi connectivity index (χ3v) is 9.99. The lowest BCUT2D eigenvalue weighted by atomic mass is 9.93. The molecule has 1 heterocycles. The highest BCUT2D eigenvalue weighted by atomic mass is 16.5. The van der Waals surface area contributed by atoms with Crippen molar-refractivity contribution >= 4 is 29.5 Å². The molecule has 0 saturated carbocycles. The Bertz CT molecular complexity index is 2040. The second kappa shape index (κ2) is 24.1. The van der Waals surface area contributed by atoms with Crippen molar-refractivity contribution in [3.63, 3.8) is 0 Å². The lowest BCUT2D eigenvalue weighted by Crippen LogP contribution is -2.55. The van der Waals surface area contributed by atoms with Crippen LogP contribution in [0.25, 0.3) is 11.1 Å². The van der Waals surface area contributed by atoms with Gasteiger partial charge in [0.1, 0.15) is 61.7 Å². The van der Waals surface area contributed by atoms with E-state index in [-0.39, 0.29) is 58.0 Å². The molecule has 17 heteroatoms. The van der Waals surface area contributed by atoms with Crippen LogP contribution >= 0.6 is 0 Å². The average molecular weight is 842 g/mol. The van der Waals surface area contributed by atoms with E-state index in [1.807, 2.05) is 18.2 Å². The molecule has 17 nitrogen and oxygen atoms in total. The maximum absolute atomic E-state index is 14.3. The minimum Gasteiger partial charge on any atom is -0.492 e. The summed E-state index contributed by atoms with van der Waals surface area (Å²) in [7, 11) is 1.42. The number of likely N-dealkylation sites (N-methyl/N-ethyl adjacent to an activating group) is 1. The van der Waals surface area contributed by atoms with Crippen LogP contribution in [0.15, 0.2) is 54.6 Å². The Hall–Kier alpha value is -6.22. The monoisotopic (exact) mass is 841 g/mol. The molecule has 5 amide bonds. The fourth-order valence-electron chi connectivity index (χ4n) is 6.81. The first-order valence-electron chi connectivity index (χ1n) is 20.6. The van der Waals surface area contributed by atoms with Crippen molar-refractivity contribution in [2.75, 3.05) is 59.6 Å². The first-order valence-corrected chi connectivity index (χ1v) is 20.6. The number of hydrogen-bond donors (Lipinski definition) is 7. The first kappa shape index (κ1) is 47.5. The molecule has 1 aliphatic rings. The minimum absolute atomic E-state index is 0.0158. The largest absolute Gasteiger partial charge is 0.492 e. The summed E-state index contributed by atoms with van der Waals surface area (Å²) in [5.41, 5.74) is 20.5. The molecule has 4 bridgehead atoms. The van der Waals surface area contributed by atoms with Crippen molar-refractivity contribution in [3.8, 4) is 34.4 Å². The SMILES string of the molecule is CCCCCCc1ccc(C(=O)NCC(=O)N(C)C2C(=O)N[C@@H](C)C(=O)NC(C(=O)NCC#N)Cc3ccc(OCCN)c(c3)-c3cc2ccc3OCCN)c(OCCN)c1. The van der Waals surface area contributed by atoms with Crippen LogP contribution in [0.1, 0.15) is 72.6 Å². The molecule has 0 saturated heterocycles.